The zero-order valence-corrected chi connectivity index (χ0v) is 14.7. The van der Waals surface area contributed by atoms with E-state index in [4.69, 9.17) is 0 Å². The van der Waals surface area contributed by atoms with Crippen molar-refractivity contribution >= 4 is 23.2 Å². The van der Waals surface area contributed by atoms with Crippen molar-refractivity contribution in [1.82, 2.24) is 29.8 Å². The topological polar surface area (TPSA) is 83.8 Å². The van der Waals surface area contributed by atoms with Gasteiger partial charge in [0.1, 0.15) is 11.6 Å². The lowest BCUT2D eigenvalue weighted by Crippen LogP contribution is -2.10. The minimum absolute atomic E-state index is 0.782. The van der Waals surface area contributed by atoms with Crippen LogP contribution >= 0.6 is 11.8 Å². The van der Waals surface area contributed by atoms with E-state index < -0.39 is 0 Å². The number of rotatable bonds is 6. The molecule has 0 saturated heterocycles. The first-order chi connectivity index (χ1) is 11.1. The van der Waals surface area contributed by atoms with Crippen molar-refractivity contribution in [2.75, 3.05) is 17.6 Å². The van der Waals surface area contributed by atoms with Gasteiger partial charge in [0.05, 0.1) is 5.69 Å². The lowest BCUT2D eigenvalue weighted by Gasteiger charge is -2.09. The maximum absolute atomic E-state index is 4.68. The van der Waals surface area contributed by atoms with Crippen molar-refractivity contribution in [3.63, 3.8) is 0 Å². The van der Waals surface area contributed by atoms with Crippen LogP contribution in [0.5, 0.6) is 0 Å². The first-order valence-corrected chi connectivity index (χ1v) is 8.68. The number of aryl methyl sites for hydroxylation is 4. The van der Waals surface area contributed by atoms with E-state index in [1.165, 1.54) is 0 Å². The Morgan fingerprint density at radius 1 is 1.26 bits per heavy atom. The summed E-state index contributed by atoms with van der Waals surface area (Å²) in [7, 11) is 0. The van der Waals surface area contributed by atoms with Crippen LogP contribution < -0.4 is 5.32 Å². The van der Waals surface area contributed by atoms with Gasteiger partial charge in [-0.05, 0) is 27.2 Å². The normalized spacial score (nSPS) is 11.3. The largest absolute Gasteiger partial charge is 0.369 e. The Kier molecular flexibility index (Phi) is 4.51. The van der Waals surface area contributed by atoms with Crippen LogP contribution in [-0.2, 0) is 6.42 Å². The molecule has 3 aromatic heterocycles. The number of aromatic amines is 1. The van der Waals surface area contributed by atoms with Gasteiger partial charge in [-0.15, -0.1) is 5.10 Å². The second-order valence-corrected chi connectivity index (χ2v) is 6.47. The standard InChI is InChI=1S/C15H21N7S/c1-5-12-8-13(22-14(18-12)9(2)10(3)21-22)16-6-7-23-15-17-11(4)19-20-15/h8,16H,5-7H2,1-4H3,(H,17,19,20). The summed E-state index contributed by atoms with van der Waals surface area (Å²) in [5.41, 5.74) is 4.15. The van der Waals surface area contributed by atoms with Crippen LogP contribution in [0, 0.1) is 20.8 Å². The molecular formula is C15H21N7S. The maximum atomic E-state index is 4.68. The van der Waals surface area contributed by atoms with E-state index in [0.717, 1.165) is 58.1 Å². The molecule has 122 valence electrons. The molecule has 0 spiro atoms. The van der Waals surface area contributed by atoms with E-state index >= 15 is 0 Å². The molecule has 0 amide bonds. The summed E-state index contributed by atoms with van der Waals surface area (Å²) in [5.74, 6) is 2.70. The predicted octanol–water partition coefficient (Wildman–Crippen LogP) is 2.54. The van der Waals surface area contributed by atoms with E-state index in [9.17, 15) is 0 Å². The van der Waals surface area contributed by atoms with Gasteiger partial charge in [-0.1, -0.05) is 18.7 Å². The Morgan fingerprint density at radius 2 is 2.09 bits per heavy atom. The Bertz CT molecular complexity index is 821. The molecular weight excluding hydrogens is 310 g/mol. The number of hydrogen-bond acceptors (Lipinski definition) is 6. The number of anilines is 1. The smallest absolute Gasteiger partial charge is 0.208 e. The van der Waals surface area contributed by atoms with Gasteiger partial charge in [-0.3, -0.25) is 5.10 Å². The fourth-order valence-corrected chi connectivity index (χ4v) is 2.99. The van der Waals surface area contributed by atoms with Crippen molar-refractivity contribution in [2.24, 2.45) is 0 Å². The molecule has 23 heavy (non-hydrogen) atoms. The molecule has 0 aliphatic carbocycles. The monoisotopic (exact) mass is 331 g/mol. The molecule has 0 aliphatic rings. The van der Waals surface area contributed by atoms with Gasteiger partial charge >= 0.3 is 0 Å². The lowest BCUT2D eigenvalue weighted by atomic mass is 10.2. The molecule has 3 heterocycles. The summed E-state index contributed by atoms with van der Waals surface area (Å²) < 4.78 is 1.89. The average molecular weight is 331 g/mol. The minimum Gasteiger partial charge on any atom is -0.369 e. The van der Waals surface area contributed by atoms with Crippen LogP contribution in [-0.4, -0.2) is 42.1 Å². The Balaban J connectivity index is 1.72. The predicted molar refractivity (Wildman–Crippen MR) is 92.2 cm³/mol. The van der Waals surface area contributed by atoms with Crippen LogP contribution in [0.1, 0.15) is 29.7 Å². The molecule has 0 radical (unpaired) electrons. The first kappa shape index (κ1) is 15.8. The SMILES string of the molecule is CCc1cc(NCCSc2n[nH]c(C)n2)n2nc(C)c(C)c2n1. The van der Waals surface area contributed by atoms with E-state index in [-0.39, 0.29) is 0 Å². The fourth-order valence-electron chi connectivity index (χ4n) is 2.29. The molecule has 0 fully saturated rings. The Morgan fingerprint density at radius 3 is 2.78 bits per heavy atom. The van der Waals surface area contributed by atoms with Crippen LogP contribution in [0.25, 0.3) is 5.65 Å². The highest BCUT2D eigenvalue weighted by Gasteiger charge is 2.11. The molecule has 8 heteroatoms. The number of H-pyrrole nitrogens is 1. The third-order valence-corrected chi connectivity index (χ3v) is 4.54. The highest BCUT2D eigenvalue weighted by molar-refractivity contribution is 7.99. The van der Waals surface area contributed by atoms with E-state index in [0.29, 0.717) is 0 Å². The van der Waals surface area contributed by atoms with Crippen LogP contribution in [0.2, 0.25) is 0 Å². The van der Waals surface area contributed by atoms with Gasteiger partial charge in [0.25, 0.3) is 0 Å². The van der Waals surface area contributed by atoms with E-state index in [1.807, 2.05) is 18.4 Å². The molecule has 0 aromatic carbocycles. The number of hydrogen-bond donors (Lipinski definition) is 2. The summed E-state index contributed by atoms with van der Waals surface area (Å²) in [6.45, 7) is 8.90. The third-order valence-electron chi connectivity index (χ3n) is 3.69. The van der Waals surface area contributed by atoms with E-state index in [1.54, 1.807) is 11.8 Å². The van der Waals surface area contributed by atoms with Gasteiger partial charge in [0.15, 0.2) is 5.65 Å². The molecule has 0 saturated carbocycles. The Labute approximate surface area is 139 Å². The maximum Gasteiger partial charge on any atom is 0.208 e. The molecule has 0 atom stereocenters. The molecule has 7 nitrogen and oxygen atoms in total. The van der Waals surface area contributed by atoms with E-state index in [2.05, 4.69) is 50.5 Å². The highest BCUT2D eigenvalue weighted by Crippen LogP contribution is 2.19. The zero-order chi connectivity index (χ0) is 16.4. The van der Waals surface area contributed by atoms with Crippen molar-refractivity contribution in [3.8, 4) is 0 Å². The quantitative estimate of drug-likeness (QED) is 0.533. The minimum atomic E-state index is 0.782. The lowest BCUT2D eigenvalue weighted by molar-refractivity contribution is 0.893. The van der Waals surface area contributed by atoms with Gasteiger partial charge in [0, 0.05) is 29.6 Å². The van der Waals surface area contributed by atoms with Crippen molar-refractivity contribution < 1.29 is 0 Å². The molecule has 0 unspecified atom stereocenters. The molecule has 3 aromatic rings. The summed E-state index contributed by atoms with van der Waals surface area (Å²) in [5, 5.41) is 15.8. The summed E-state index contributed by atoms with van der Waals surface area (Å²) in [6, 6.07) is 2.07. The number of aromatic nitrogens is 6. The number of fused-ring (bicyclic) bond motifs is 1. The first-order valence-electron chi connectivity index (χ1n) is 7.70. The summed E-state index contributed by atoms with van der Waals surface area (Å²) >= 11 is 1.62. The molecule has 0 aliphatic heterocycles. The van der Waals surface area contributed by atoms with Crippen LogP contribution in [0.3, 0.4) is 0 Å². The third kappa shape index (κ3) is 3.31. The van der Waals surface area contributed by atoms with Crippen molar-refractivity contribution in [2.45, 2.75) is 39.3 Å². The second kappa shape index (κ2) is 6.57. The highest BCUT2D eigenvalue weighted by atomic mass is 32.2. The molecule has 3 rings (SSSR count). The Hall–Kier alpha value is -2.09. The molecule has 0 bridgehead atoms. The van der Waals surface area contributed by atoms with Crippen molar-refractivity contribution in [1.29, 1.82) is 0 Å². The second-order valence-electron chi connectivity index (χ2n) is 5.41. The summed E-state index contributed by atoms with van der Waals surface area (Å²) in [4.78, 5) is 8.97. The van der Waals surface area contributed by atoms with Gasteiger partial charge in [-0.2, -0.15) is 9.61 Å². The number of thioether (sulfide) groups is 1. The fraction of sp³-hybridized carbons (Fsp3) is 0.467. The van der Waals surface area contributed by atoms with Gasteiger partial charge < -0.3 is 5.32 Å². The average Bonchev–Trinajstić information content (AvgIpc) is 3.08. The number of nitrogens with zero attached hydrogens (tertiary/aromatic N) is 5. The number of nitrogens with one attached hydrogen (secondary N) is 2. The van der Waals surface area contributed by atoms with Crippen LogP contribution in [0.15, 0.2) is 11.2 Å². The summed E-state index contributed by atoms with van der Waals surface area (Å²) in [6.07, 6.45) is 0.903. The van der Waals surface area contributed by atoms with Crippen molar-refractivity contribution in [3.05, 3.63) is 28.8 Å². The zero-order valence-electron chi connectivity index (χ0n) is 13.8. The van der Waals surface area contributed by atoms with Gasteiger partial charge in [-0.25, -0.2) is 9.97 Å². The molecule has 2 N–H and O–H groups in total. The van der Waals surface area contributed by atoms with Crippen LogP contribution in [0.4, 0.5) is 5.82 Å². The van der Waals surface area contributed by atoms with Gasteiger partial charge in [0.2, 0.25) is 5.16 Å².